The molecule has 0 aliphatic rings. The van der Waals surface area contributed by atoms with Crippen molar-refractivity contribution >= 4 is 11.1 Å². The zero-order chi connectivity index (χ0) is 13.6. The molecule has 0 atom stereocenters. The van der Waals surface area contributed by atoms with Gasteiger partial charge in [-0.15, -0.1) is 0 Å². The number of H-pyrrole nitrogens is 1. The minimum atomic E-state index is -0.451. The number of nitrogens with one attached hydrogen (secondary N) is 1. The molecule has 2 heterocycles. The number of nitrogens with two attached hydrogens (primary N) is 1. The average molecular weight is 258 g/mol. The Balaban J connectivity index is 2.21. The number of nitrogens with zero attached hydrogens (tertiary/aromatic N) is 2. The van der Waals surface area contributed by atoms with Crippen molar-refractivity contribution in [2.45, 2.75) is 13.5 Å². The van der Waals surface area contributed by atoms with E-state index < -0.39 is 5.76 Å². The number of aryl methyl sites for hydroxylation is 1. The summed E-state index contributed by atoms with van der Waals surface area (Å²) >= 11 is 0. The molecule has 3 aromatic rings. The van der Waals surface area contributed by atoms with Crippen LogP contribution in [0.1, 0.15) is 11.3 Å². The zero-order valence-corrected chi connectivity index (χ0v) is 10.7. The van der Waals surface area contributed by atoms with Crippen LogP contribution in [0, 0.1) is 6.92 Å². The molecule has 98 valence electrons. The van der Waals surface area contributed by atoms with Gasteiger partial charge in [0.05, 0.1) is 16.9 Å². The van der Waals surface area contributed by atoms with Gasteiger partial charge in [-0.25, -0.2) is 4.79 Å². The minimum Gasteiger partial charge on any atom is -0.408 e. The van der Waals surface area contributed by atoms with Gasteiger partial charge in [0.15, 0.2) is 5.58 Å². The Morgan fingerprint density at radius 2 is 2.26 bits per heavy atom. The van der Waals surface area contributed by atoms with Gasteiger partial charge in [-0.3, -0.25) is 9.67 Å². The van der Waals surface area contributed by atoms with Crippen LogP contribution < -0.4 is 11.5 Å². The third kappa shape index (κ3) is 1.77. The largest absolute Gasteiger partial charge is 0.417 e. The van der Waals surface area contributed by atoms with Gasteiger partial charge in [0.25, 0.3) is 0 Å². The van der Waals surface area contributed by atoms with E-state index in [2.05, 4.69) is 10.1 Å². The molecule has 0 aliphatic carbocycles. The van der Waals surface area contributed by atoms with E-state index in [1.165, 1.54) is 0 Å². The fourth-order valence-corrected chi connectivity index (χ4v) is 2.32. The molecular weight excluding hydrogens is 244 g/mol. The van der Waals surface area contributed by atoms with Crippen LogP contribution in [0.25, 0.3) is 22.4 Å². The second-order valence-corrected chi connectivity index (χ2v) is 4.47. The van der Waals surface area contributed by atoms with Crippen molar-refractivity contribution in [1.29, 1.82) is 0 Å². The molecule has 0 fully saturated rings. The second kappa shape index (κ2) is 4.10. The molecule has 2 aromatic heterocycles. The summed E-state index contributed by atoms with van der Waals surface area (Å²) in [6.45, 7) is 2.43. The Morgan fingerprint density at radius 3 is 2.95 bits per heavy atom. The SMILES string of the molecule is Cc1c(-c2ccc3[nH]c(=O)oc3c2)nn(C)c1CN. The highest BCUT2D eigenvalue weighted by Gasteiger charge is 2.13. The third-order valence-electron chi connectivity index (χ3n) is 3.32. The van der Waals surface area contributed by atoms with Crippen LogP contribution in [0.3, 0.4) is 0 Å². The predicted molar refractivity (Wildman–Crippen MR) is 71.7 cm³/mol. The van der Waals surface area contributed by atoms with Gasteiger partial charge in [-0.1, -0.05) is 6.07 Å². The fourth-order valence-electron chi connectivity index (χ4n) is 2.32. The summed E-state index contributed by atoms with van der Waals surface area (Å²) in [4.78, 5) is 13.8. The van der Waals surface area contributed by atoms with Crippen LogP contribution in [0.15, 0.2) is 27.4 Å². The van der Waals surface area contributed by atoms with Gasteiger partial charge in [-0.2, -0.15) is 5.10 Å². The van der Waals surface area contributed by atoms with Crippen molar-refractivity contribution in [3.63, 3.8) is 0 Å². The molecule has 0 radical (unpaired) electrons. The molecule has 19 heavy (non-hydrogen) atoms. The molecule has 0 bridgehead atoms. The standard InChI is InChI=1S/C13H14N4O2/c1-7-10(6-14)17(2)16-12(7)8-3-4-9-11(5-8)19-13(18)15-9/h3-5H,6,14H2,1-2H3,(H,15,18). The van der Waals surface area contributed by atoms with E-state index in [1.807, 2.05) is 32.2 Å². The maximum Gasteiger partial charge on any atom is 0.417 e. The summed E-state index contributed by atoms with van der Waals surface area (Å²) < 4.78 is 6.84. The molecule has 6 heteroatoms. The number of aromatic amines is 1. The number of oxazole rings is 1. The molecule has 0 saturated carbocycles. The van der Waals surface area contributed by atoms with Crippen LogP contribution in [-0.4, -0.2) is 14.8 Å². The highest BCUT2D eigenvalue weighted by atomic mass is 16.4. The number of fused-ring (bicyclic) bond motifs is 1. The Bertz CT molecular complexity index is 810. The van der Waals surface area contributed by atoms with Gasteiger partial charge in [0.2, 0.25) is 0 Å². The van der Waals surface area contributed by atoms with Crippen molar-refractivity contribution in [3.05, 3.63) is 40.0 Å². The first-order valence-electron chi connectivity index (χ1n) is 5.96. The van der Waals surface area contributed by atoms with E-state index in [0.717, 1.165) is 22.5 Å². The zero-order valence-electron chi connectivity index (χ0n) is 10.7. The Morgan fingerprint density at radius 1 is 1.47 bits per heavy atom. The molecule has 0 spiro atoms. The lowest BCUT2D eigenvalue weighted by Gasteiger charge is -1.99. The predicted octanol–water partition coefficient (Wildman–Crippen LogP) is 1.29. The molecular formula is C13H14N4O2. The number of benzene rings is 1. The monoisotopic (exact) mass is 258 g/mol. The summed E-state index contributed by atoms with van der Waals surface area (Å²) in [5.41, 5.74) is 10.7. The molecule has 3 rings (SSSR count). The van der Waals surface area contributed by atoms with Crippen LogP contribution in [0.2, 0.25) is 0 Å². The molecule has 6 nitrogen and oxygen atoms in total. The minimum absolute atomic E-state index is 0.441. The molecule has 0 aliphatic heterocycles. The number of hydrogen-bond donors (Lipinski definition) is 2. The second-order valence-electron chi connectivity index (χ2n) is 4.47. The first kappa shape index (κ1) is 11.7. The summed E-state index contributed by atoms with van der Waals surface area (Å²) in [5.74, 6) is -0.451. The number of aromatic nitrogens is 3. The molecule has 3 N–H and O–H groups in total. The highest BCUT2D eigenvalue weighted by molar-refractivity contribution is 5.79. The maximum absolute atomic E-state index is 11.1. The van der Waals surface area contributed by atoms with Gasteiger partial charge < -0.3 is 10.2 Å². The topological polar surface area (TPSA) is 89.8 Å². The normalized spacial score (nSPS) is 11.3. The molecule has 0 amide bonds. The quantitative estimate of drug-likeness (QED) is 0.724. The Hall–Kier alpha value is -2.34. The van der Waals surface area contributed by atoms with E-state index >= 15 is 0 Å². The third-order valence-corrected chi connectivity index (χ3v) is 3.32. The van der Waals surface area contributed by atoms with Gasteiger partial charge in [0, 0.05) is 19.2 Å². The van der Waals surface area contributed by atoms with Crippen molar-refractivity contribution in [3.8, 4) is 11.3 Å². The van der Waals surface area contributed by atoms with Gasteiger partial charge in [0.1, 0.15) is 0 Å². The van der Waals surface area contributed by atoms with Crippen molar-refractivity contribution in [2.75, 3.05) is 0 Å². The van der Waals surface area contributed by atoms with E-state index in [4.69, 9.17) is 10.2 Å². The average Bonchev–Trinajstić information content (AvgIpc) is 2.87. The number of hydrogen-bond acceptors (Lipinski definition) is 4. The Labute approximate surface area is 108 Å². The molecule has 1 aromatic carbocycles. The maximum atomic E-state index is 11.1. The van der Waals surface area contributed by atoms with Gasteiger partial charge >= 0.3 is 5.76 Å². The summed E-state index contributed by atoms with van der Waals surface area (Å²) in [6.07, 6.45) is 0. The van der Waals surface area contributed by atoms with E-state index in [0.29, 0.717) is 17.6 Å². The fraction of sp³-hybridized carbons (Fsp3) is 0.231. The van der Waals surface area contributed by atoms with Crippen LogP contribution in [0.4, 0.5) is 0 Å². The first-order chi connectivity index (χ1) is 9.10. The first-order valence-corrected chi connectivity index (χ1v) is 5.96. The van der Waals surface area contributed by atoms with Crippen molar-refractivity contribution in [2.24, 2.45) is 12.8 Å². The lowest BCUT2D eigenvalue weighted by molar-refractivity contribution is 0.555. The summed E-state index contributed by atoms with van der Waals surface area (Å²) in [7, 11) is 1.87. The van der Waals surface area contributed by atoms with E-state index in [9.17, 15) is 4.79 Å². The lowest BCUT2D eigenvalue weighted by atomic mass is 10.1. The van der Waals surface area contributed by atoms with Crippen molar-refractivity contribution in [1.82, 2.24) is 14.8 Å². The highest BCUT2D eigenvalue weighted by Crippen LogP contribution is 2.26. The lowest BCUT2D eigenvalue weighted by Crippen LogP contribution is -2.05. The van der Waals surface area contributed by atoms with Crippen LogP contribution >= 0.6 is 0 Å². The number of rotatable bonds is 2. The smallest absolute Gasteiger partial charge is 0.408 e. The molecule has 0 saturated heterocycles. The van der Waals surface area contributed by atoms with Crippen molar-refractivity contribution < 1.29 is 4.42 Å². The van der Waals surface area contributed by atoms with E-state index in [1.54, 1.807) is 4.68 Å². The summed E-state index contributed by atoms with van der Waals surface area (Å²) in [6, 6.07) is 5.53. The summed E-state index contributed by atoms with van der Waals surface area (Å²) in [5, 5.41) is 4.47. The Kier molecular flexibility index (Phi) is 2.53. The molecule has 0 unspecified atom stereocenters. The van der Waals surface area contributed by atoms with Crippen LogP contribution in [0.5, 0.6) is 0 Å². The van der Waals surface area contributed by atoms with Gasteiger partial charge in [-0.05, 0) is 24.6 Å². The van der Waals surface area contributed by atoms with Crippen LogP contribution in [-0.2, 0) is 13.6 Å². The van der Waals surface area contributed by atoms with E-state index in [-0.39, 0.29) is 0 Å².